The van der Waals surface area contributed by atoms with Crippen molar-refractivity contribution in [3.63, 3.8) is 0 Å². The highest BCUT2D eigenvalue weighted by Crippen LogP contribution is 2.77. The number of hydrogen-bond donors (Lipinski definition) is 0. The number of fused-ring (bicyclic) bond motifs is 5. The summed E-state index contributed by atoms with van der Waals surface area (Å²) in [5, 5.41) is 0.904. The third kappa shape index (κ3) is 3.62. The number of rotatable bonds is 6. The van der Waals surface area contributed by atoms with E-state index in [9.17, 15) is 19.2 Å². The molecule has 1 saturated heterocycles. The molecule has 6 nitrogen and oxygen atoms in total. The summed E-state index contributed by atoms with van der Waals surface area (Å²) in [5.74, 6) is -6.28. The third-order valence-electron chi connectivity index (χ3n) is 7.46. The first-order chi connectivity index (χ1) is 18.3. The Morgan fingerprint density at radius 1 is 0.846 bits per heavy atom. The van der Waals surface area contributed by atoms with E-state index in [1.807, 2.05) is 0 Å². The Hall–Kier alpha value is -1.51. The average Bonchev–Trinajstić information content (AvgIpc) is 3.30. The maximum absolute atomic E-state index is 14.1. The Morgan fingerprint density at radius 2 is 1.33 bits per heavy atom. The van der Waals surface area contributed by atoms with Gasteiger partial charge in [0.25, 0.3) is 17.7 Å². The normalized spacial score (nSPS) is 29.6. The van der Waals surface area contributed by atoms with Gasteiger partial charge in [0.2, 0.25) is 0 Å². The van der Waals surface area contributed by atoms with E-state index in [1.54, 1.807) is 49.4 Å². The number of ketones is 1. The zero-order chi connectivity index (χ0) is 28.7. The van der Waals surface area contributed by atoms with E-state index in [0.717, 1.165) is 5.01 Å². The molecular weight excluding hydrogens is 652 g/mol. The van der Waals surface area contributed by atoms with Gasteiger partial charge in [-0.15, -0.1) is 23.2 Å². The zero-order valence-corrected chi connectivity index (χ0v) is 25.1. The van der Waals surface area contributed by atoms with Crippen molar-refractivity contribution in [2.75, 3.05) is 0 Å². The van der Waals surface area contributed by atoms with Gasteiger partial charge in [-0.25, -0.2) is 5.01 Å². The number of halogens is 7. The summed E-state index contributed by atoms with van der Waals surface area (Å²) in [4.78, 5) is 51.8. The number of allylic oxidation sites excluding steroid dienone is 2. The molecule has 2 aliphatic carbocycles. The van der Waals surface area contributed by atoms with Crippen LogP contribution in [0.25, 0.3) is 0 Å². The maximum Gasteiger partial charge on any atom is 0.275 e. The molecule has 13 heteroatoms. The Labute approximate surface area is 258 Å². The highest BCUT2D eigenvalue weighted by atomic mass is 35.5. The molecule has 1 aliphatic heterocycles. The van der Waals surface area contributed by atoms with Crippen LogP contribution >= 0.6 is 81.2 Å². The molecule has 2 fully saturated rings. The van der Waals surface area contributed by atoms with Gasteiger partial charge in [-0.2, -0.15) is 5.01 Å². The van der Waals surface area contributed by atoms with E-state index in [1.165, 1.54) is 12.1 Å². The minimum Gasteiger partial charge on any atom is -0.292 e. The summed E-state index contributed by atoms with van der Waals surface area (Å²) >= 11 is 46.0. The molecule has 2 bridgehead atoms. The molecule has 2 aromatic rings. The van der Waals surface area contributed by atoms with Gasteiger partial charge in [-0.1, -0.05) is 107 Å². The van der Waals surface area contributed by atoms with Gasteiger partial charge in [0.1, 0.15) is 15.8 Å². The van der Waals surface area contributed by atoms with Crippen LogP contribution in [0.5, 0.6) is 0 Å². The van der Waals surface area contributed by atoms with E-state index in [0.29, 0.717) is 5.01 Å². The van der Waals surface area contributed by atoms with Crippen molar-refractivity contribution < 1.29 is 19.2 Å². The quantitative estimate of drug-likeness (QED) is 0.193. The van der Waals surface area contributed by atoms with Crippen molar-refractivity contribution in [2.24, 2.45) is 11.8 Å². The maximum atomic E-state index is 14.1. The van der Waals surface area contributed by atoms with Crippen molar-refractivity contribution in [2.45, 2.75) is 33.5 Å². The number of carbonyl (C=O) groups is 4. The van der Waals surface area contributed by atoms with Crippen LogP contribution in [0.4, 0.5) is 0 Å². The fraction of sp³-hybridized carbons (Fsp3) is 0.308. The van der Waals surface area contributed by atoms with Gasteiger partial charge in [-0.05, 0) is 18.6 Å². The number of nitrogens with zero attached hydrogens (tertiary/aromatic N) is 2. The first kappa shape index (κ1) is 29.0. The molecule has 2 aromatic carbocycles. The molecule has 204 valence electrons. The van der Waals surface area contributed by atoms with Crippen LogP contribution in [0.3, 0.4) is 0 Å². The molecule has 3 aliphatic rings. The molecule has 0 spiro atoms. The Morgan fingerprint density at radius 3 is 1.82 bits per heavy atom. The standard InChI is InChI=1S/C26H17Cl7N2O4/c1-2-15(18(36)12-8-4-3-5-9-12)34(21(37)13-10-6-7-11-14(13)27)35-22(38)16-17(23(35)39)25(31)20(29)19(28)24(16,30)26(25,32)33/h3-11,15-17H,2H2,1H3/t15-,16-,17-,24-,25-/m1/s1. The van der Waals surface area contributed by atoms with E-state index in [4.69, 9.17) is 81.2 Å². The highest BCUT2D eigenvalue weighted by molar-refractivity contribution is 6.66. The lowest BCUT2D eigenvalue weighted by Crippen LogP contribution is -2.60. The lowest BCUT2D eigenvalue weighted by molar-refractivity contribution is -0.157. The van der Waals surface area contributed by atoms with Crippen LogP contribution in [0.2, 0.25) is 5.02 Å². The van der Waals surface area contributed by atoms with Gasteiger partial charge < -0.3 is 0 Å². The highest BCUT2D eigenvalue weighted by Gasteiger charge is 2.88. The van der Waals surface area contributed by atoms with Crippen LogP contribution in [-0.4, -0.2) is 53.6 Å². The number of benzene rings is 2. The molecule has 0 aromatic heterocycles. The molecule has 5 atom stereocenters. The number of alkyl halides is 4. The van der Waals surface area contributed by atoms with E-state index >= 15 is 0 Å². The molecule has 3 amide bonds. The molecule has 0 radical (unpaired) electrons. The summed E-state index contributed by atoms with van der Waals surface area (Å²) in [7, 11) is 0. The molecule has 1 heterocycles. The van der Waals surface area contributed by atoms with Crippen molar-refractivity contribution in [3.05, 3.63) is 80.8 Å². The number of hydrazine groups is 1. The second-order valence-electron chi connectivity index (χ2n) is 9.35. The largest absolute Gasteiger partial charge is 0.292 e. The van der Waals surface area contributed by atoms with Gasteiger partial charge in [0, 0.05) is 5.56 Å². The molecule has 0 N–H and O–H groups in total. The predicted octanol–water partition coefficient (Wildman–Crippen LogP) is 6.81. The second kappa shape index (κ2) is 9.80. The summed E-state index contributed by atoms with van der Waals surface area (Å²) in [5.41, 5.74) is 0.218. The topological polar surface area (TPSA) is 74.8 Å². The van der Waals surface area contributed by atoms with Crippen LogP contribution < -0.4 is 0 Å². The van der Waals surface area contributed by atoms with Crippen LogP contribution in [0, 0.1) is 11.8 Å². The predicted molar refractivity (Wildman–Crippen MR) is 152 cm³/mol. The summed E-state index contributed by atoms with van der Waals surface area (Å²) in [6.07, 6.45) is 0.0308. The van der Waals surface area contributed by atoms with Gasteiger partial charge >= 0.3 is 0 Å². The summed E-state index contributed by atoms with van der Waals surface area (Å²) in [6.45, 7) is 1.64. The lowest BCUT2D eigenvalue weighted by atomic mass is 9.84. The number of imide groups is 1. The van der Waals surface area contributed by atoms with E-state index in [2.05, 4.69) is 0 Å². The fourth-order valence-corrected chi connectivity index (χ4v) is 8.73. The minimum absolute atomic E-state index is 0.0308. The van der Waals surface area contributed by atoms with Gasteiger partial charge in [0.05, 0.1) is 32.5 Å². The fourth-order valence-electron chi connectivity index (χ4n) is 5.59. The third-order valence-corrected chi connectivity index (χ3v) is 12.0. The minimum atomic E-state index is -2.15. The van der Waals surface area contributed by atoms with Crippen LogP contribution in [0.15, 0.2) is 64.7 Å². The second-order valence-corrected chi connectivity index (χ2v) is 13.0. The van der Waals surface area contributed by atoms with Crippen molar-refractivity contribution in [1.29, 1.82) is 0 Å². The number of carbonyl (C=O) groups excluding carboxylic acids is 4. The SMILES string of the molecule is CC[C@H](C(=O)c1ccccc1)N(C(=O)c1ccccc1Cl)N1C(=O)[C@H]2[C@H](C1=O)[C@@]1(Cl)C(Cl)=C(Cl)[C@@]2(Cl)C1(Cl)Cl. The van der Waals surface area contributed by atoms with Crippen LogP contribution in [-0.2, 0) is 9.59 Å². The summed E-state index contributed by atoms with van der Waals surface area (Å²) in [6, 6.07) is 12.9. The van der Waals surface area contributed by atoms with Crippen molar-refractivity contribution >= 4 is 105 Å². The Balaban J connectivity index is 1.68. The smallest absolute Gasteiger partial charge is 0.275 e. The van der Waals surface area contributed by atoms with Gasteiger partial charge in [-0.3, -0.25) is 19.2 Å². The Kier molecular flexibility index (Phi) is 7.29. The molecule has 39 heavy (non-hydrogen) atoms. The van der Waals surface area contributed by atoms with Crippen molar-refractivity contribution in [3.8, 4) is 0 Å². The van der Waals surface area contributed by atoms with Crippen molar-refractivity contribution in [1.82, 2.24) is 10.0 Å². The first-order valence-electron chi connectivity index (χ1n) is 11.6. The Bertz CT molecular complexity index is 1420. The molecule has 1 saturated carbocycles. The van der Waals surface area contributed by atoms with E-state index < -0.39 is 55.5 Å². The number of Topliss-reactive ketones (excluding diaryl/α,β-unsaturated/α-hetero) is 1. The van der Waals surface area contributed by atoms with E-state index in [-0.39, 0.29) is 32.6 Å². The first-order valence-corrected chi connectivity index (χ1v) is 14.3. The lowest BCUT2D eigenvalue weighted by Gasteiger charge is -2.39. The van der Waals surface area contributed by atoms with Crippen LogP contribution in [0.1, 0.15) is 34.1 Å². The zero-order valence-electron chi connectivity index (χ0n) is 19.8. The summed E-state index contributed by atoms with van der Waals surface area (Å²) < 4.78 is -2.15. The molecular formula is C26H17Cl7N2O4. The van der Waals surface area contributed by atoms with Gasteiger partial charge in [0.15, 0.2) is 10.1 Å². The number of hydrogen-bond acceptors (Lipinski definition) is 4. The average molecular weight is 670 g/mol. The number of amides is 3. The molecule has 0 unspecified atom stereocenters. The monoisotopic (exact) mass is 666 g/mol. The molecule has 5 rings (SSSR count).